The number of benzene rings is 1. The molecule has 0 atom stereocenters. The highest BCUT2D eigenvalue weighted by atomic mass is 16.6. The van der Waals surface area contributed by atoms with E-state index in [1.807, 2.05) is 35.0 Å². The first kappa shape index (κ1) is 18.2. The van der Waals surface area contributed by atoms with Crippen LogP contribution in [-0.4, -0.2) is 38.0 Å². The summed E-state index contributed by atoms with van der Waals surface area (Å²) in [5.41, 5.74) is 7.77. The molecule has 3 N–H and O–H groups in total. The van der Waals surface area contributed by atoms with Crippen molar-refractivity contribution in [3.8, 4) is 16.9 Å². The van der Waals surface area contributed by atoms with Gasteiger partial charge in [0, 0.05) is 11.8 Å². The zero-order chi connectivity index (χ0) is 20.3. The number of hydrogen-bond acceptors (Lipinski definition) is 6. The Morgan fingerprint density at radius 1 is 1.20 bits per heavy atom. The van der Waals surface area contributed by atoms with Crippen molar-refractivity contribution in [3.63, 3.8) is 0 Å². The van der Waals surface area contributed by atoms with E-state index >= 15 is 0 Å². The Morgan fingerprint density at radius 3 is 2.73 bits per heavy atom. The van der Waals surface area contributed by atoms with Gasteiger partial charge in [-0.3, -0.25) is 0 Å². The van der Waals surface area contributed by atoms with Crippen molar-refractivity contribution in [3.05, 3.63) is 36.8 Å². The minimum absolute atomic E-state index is 0.109. The van der Waals surface area contributed by atoms with Crippen LogP contribution in [-0.2, 0) is 10.5 Å². The van der Waals surface area contributed by atoms with Crippen molar-refractivity contribution in [2.24, 2.45) is 0 Å². The first-order chi connectivity index (χ1) is 14.6. The quantitative estimate of drug-likeness (QED) is 0.672. The fourth-order valence-electron chi connectivity index (χ4n) is 5.21. The first-order valence-electron chi connectivity index (χ1n) is 10.8. The van der Waals surface area contributed by atoms with Crippen molar-refractivity contribution >= 4 is 16.9 Å². The number of rotatable bonds is 5. The van der Waals surface area contributed by atoms with E-state index in [2.05, 4.69) is 9.97 Å². The molecule has 3 fully saturated rings. The summed E-state index contributed by atoms with van der Waals surface area (Å²) in [7, 11) is 0. The molecular weight excluding hydrogens is 380 g/mol. The van der Waals surface area contributed by atoms with E-state index in [-0.39, 0.29) is 5.60 Å². The summed E-state index contributed by atoms with van der Waals surface area (Å²) in [6.07, 6.45) is 10.7. The van der Waals surface area contributed by atoms with Gasteiger partial charge >= 0.3 is 0 Å². The Kier molecular flexibility index (Phi) is 3.89. The zero-order valence-corrected chi connectivity index (χ0v) is 16.9. The van der Waals surface area contributed by atoms with Crippen molar-refractivity contribution in [2.45, 2.75) is 62.4 Å². The number of ether oxygens (including phenoxy) is 2. The van der Waals surface area contributed by atoms with Crippen LogP contribution in [0.5, 0.6) is 5.75 Å². The smallest absolute Gasteiger partial charge is 0.148 e. The molecule has 2 bridgehead atoms. The van der Waals surface area contributed by atoms with Crippen LogP contribution in [0.4, 0.5) is 5.82 Å². The van der Waals surface area contributed by atoms with Gasteiger partial charge in [0.15, 0.2) is 0 Å². The predicted molar refractivity (Wildman–Crippen MR) is 113 cm³/mol. The maximum atomic E-state index is 11.0. The highest BCUT2D eigenvalue weighted by Crippen LogP contribution is 2.45. The average Bonchev–Trinajstić information content (AvgIpc) is 3.45. The van der Waals surface area contributed by atoms with E-state index in [9.17, 15) is 5.11 Å². The van der Waals surface area contributed by atoms with Crippen LogP contribution < -0.4 is 10.5 Å². The number of nitrogens with zero attached hydrogens (tertiary/aromatic N) is 3. The van der Waals surface area contributed by atoms with E-state index in [0.29, 0.717) is 37.0 Å². The second-order valence-corrected chi connectivity index (χ2v) is 9.02. The van der Waals surface area contributed by atoms with Gasteiger partial charge in [-0.05, 0) is 62.6 Å². The second kappa shape index (κ2) is 6.43. The third-order valence-electron chi connectivity index (χ3n) is 7.12. The Labute approximate surface area is 174 Å². The van der Waals surface area contributed by atoms with Gasteiger partial charge < -0.3 is 24.9 Å². The Bertz CT molecular complexity index is 1110. The molecule has 7 nitrogen and oxygen atoms in total. The monoisotopic (exact) mass is 406 g/mol. The van der Waals surface area contributed by atoms with E-state index in [1.165, 1.54) is 6.33 Å². The van der Waals surface area contributed by atoms with Gasteiger partial charge in [0.05, 0.1) is 11.5 Å². The minimum atomic E-state index is -0.899. The normalized spacial score (nSPS) is 26.8. The maximum absolute atomic E-state index is 11.0. The molecule has 1 aromatic carbocycles. The van der Waals surface area contributed by atoms with Gasteiger partial charge in [-0.2, -0.15) is 0 Å². The van der Waals surface area contributed by atoms with Crippen LogP contribution in [0, 0.1) is 0 Å². The van der Waals surface area contributed by atoms with Crippen LogP contribution in [0.2, 0.25) is 0 Å². The van der Waals surface area contributed by atoms with Gasteiger partial charge in [-0.15, -0.1) is 0 Å². The lowest BCUT2D eigenvalue weighted by atomic mass is 9.88. The molecule has 1 saturated carbocycles. The molecule has 0 spiro atoms. The summed E-state index contributed by atoms with van der Waals surface area (Å²) in [4.78, 5) is 8.63. The van der Waals surface area contributed by atoms with Gasteiger partial charge in [0.2, 0.25) is 0 Å². The molecular formula is C23H26N4O3. The molecule has 2 aromatic heterocycles. The molecule has 30 heavy (non-hydrogen) atoms. The third kappa shape index (κ3) is 2.72. The van der Waals surface area contributed by atoms with Crippen LogP contribution in [0.3, 0.4) is 0 Å². The van der Waals surface area contributed by atoms with Crippen LogP contribution >= 0.6 is 0 Å². The predicted octanol–water partition coefficient (Wildman–Crippen LogP) is 3.60. The highest BCUT2D eigenvalue weighted by Gasteiger charge is 2.46. The molecule has 6 rings (SSSR count). The topological polar surface area (TPSA) is 95.4 Å². The zero-order valence-electron chi connectivity index (χ0n) is 16.9. The number of aromatic nitrogens is 3. The molecule has 2 aliphatic heterocycles. The minimum Gasteiger partial charge on any atom is -0.491 e. The molecule has 3 aromatic rings. The lowest BCUT2D eigenvalue weighted by Crippen LogP contribution is -2.39. The number of fused-ring (bicyclic) bond motifs is 3. The maximum Gasteiger partial charge on any atom is 0.148 e. The van der Waals surface area contributed by atoms with E-state index in [0.717, 1.165) is 54.4 Å². The number of nitrogen functional groups attached to an aromatic ring is 1. The van der Waals surface area contributed by atoms with Crippen LogP contribution in [0.1, 0.15) is 44.9 Å². The molecule has 3 aliphatic rings. The summed E-state index contributed by atoms with van der Waals surface area (Å²) in [6.45, 7) is 0.583. The summed E-state index contributed by atoms with van der Waals surface area (Å²) in [5.74, 6) is 1.22. The first-order valence-corrected chi connectivity index (χ1v) is 10.8. The summed E-state index contributed by atoms with van der Waals surface area (Å²) in [6, 6.07) is 8.00. The van der Waals surface area contributed by atoms with Gasteiger partial charge in [0.1, 0.15) is 41.5 Å². The number of hydrogen-bond donors (Lipinski definition) is 2. The number of anilines is 1. The molecule has 2 saturated heterocycles. The van der Waals surface area contributed by atoms with E-state index < -0.39 is 5.72 Å². The Balaban J connectivity index is 1.36. The van der Waals surface area contributed by atoms with Crippen molar-refractivity contribution < 1.29 is 14.6 Å². The number of nitrogens with two attached hydrogens (primary N) is 1. The molecule has 1 aliphatic carbocycles. The van der Waals surface area contributed by atoms with Gasteiger partial charge in [0.25, 0.3) is 0 Å². The molecule has 0 amide bonds. The second-order valence-electron chi connectivity index (χ2n) is 9.02. The van der Waals surface area contributed by atoms with Crippen LogP contribution in [0.25, 0.3) is 22.2 Å². The molecule has 0 radical (unpaired) electrons. The van der Waals surface area contributed by atoms with Gasteiger partial charge in [-0.1, -0.05) is 12.1 Å². The van der Waals surface area contributed by atoms with Crippen molar-refractivity contribution in [2.75, 3.05) is 12.3 Å². The standard InChI is InChI=1S/C23H26N4O3/c24-20-19-18(12-27(21(19)26-14-25-20)23(28)7-2-8-23)15-3-1-4-17(11-15)29-13-22-9-5-16(30-22)6-10-22/h1,3-4,11-12,14,16,28H,2,5-10,13H2,(H2,24,25,26). The fraction of sp³-hybridized carbons (Fsp3) is 0.478. The largest absolute Gasteiger partial charge is 0.491 e. The molecule has 4 heterocycles. The van der Waals surface area contributed by atoms with E-state index in [1.54, 1.807) is 0 Å². The Hall–Kier alpha value is -2.64. The summed E-state index contributed by atoms with van der Waals surface area (Å²) < 4.78 is 14.2. The van der Waals surface area contributed by atoms with E-state index in [4.69, 9.17) is 15.2 Å². The van der Waals surface area contributed by atoms with Gasteiger partial charge in [-0.25, -0.2) is 9.97 Å². The third-order valence-corrected chi connectivity index (χ3v) is 7.12. The number of aliphatic hydroxyl groups is 1. The average molecular weight is 406 g/mol. The SMILES string of the molecule is Nc1ncnc2c1c(-c1cccc(OCC34CCC(CC3)O4)c1)cn2C1(O)CCC1. The highest BCUT2D eigenvalue weighted by molar-refractivity contribution is 6.00. The summed E-state index contributed by atoms with van der Waals surface area (Å²) >= 11 is 0. The molecule has 0 unspecified atom stereocenters. The molecule has 7 heteroatoms. The lowest BCUT2D eigenvalue weighted by Gasteiger charge is -2.38. The molecule has 156 valence electrons. The van der Waals surface area contributed by atoms with Crippen molar-refractivity contribution in [1.82, 2.24) is 14.5 Å². The van der Waals surface area contributed by atoms with Crippen molar-refractivity contribution in [1.29, 1.82) is 0 Å². The lowest BCUT2D eigenvalue weighted by molar-refractivity contribution is -0.103. The Morgan fingerprint density at radius 2 is 2.03 bits per heavy atom. The fourth-order valence-corrected chi connectivity index (χ4v) is 5.21. The summed E-state index contributed by atoms with van der Waals surface area (Å²) in [5, 5.41) is 11.7. The van der Waals surface area contributed by atoms with Crippen LogP contribution in [0.15, 0.2) is 36.8 Å².